The molecule has 7 nitrogen and oxygen atoms in total. The molecule has 8 heteroatoms. The maximum atomic E-state index is 12.4. The molecule has 0 bridgehead atoms. The second-order valence-electron chi connectivity index (χ2n) is 5.54. The van der Waals surface area contributed by atoms with Gasteiger partial charge in [0, 0.05) is 16.1 Å². The monoisotopic (exact) mass is 388 g/mol. The number of carbonyl (C=O) groups excluding carboxylic acids is 3. The number of hydrogen-bond acceptors (Lipinski definition) is 6. The first-order chi connectivity index (χ1) is 12.8. The zero-order valence-corrected chi connectivity index (χ0v) is 16.0. The van der Waals surface area contributed by atoms with Crippen LogP contribution in [0.3, 0.4) is 0 Å². The maximum absolute atomic E-state index is 12.4. The Morgan fingerprint density at radius 1 is 1.11 bits per heavy atom. The van der Waals surface area contributed by atoms with E-state index in [1.54, 1.807) is 18.2 Å². The summed E-state index contributed by atoms with van der Waals surface area (Å²) in [5, 5.41) is 2.61. The Morgan fingerprint density at radius 2 is 1.78 bits per heavy atom. The quantitative estimate of drug-likeness (QED) is 0.558. The molecular weight excluding hydrogens is 368 g/mol. The summed E-state index contributed by atoms with van der Waals surface area (Å²) in [4.78, 5) is 36.6. The van der Waals surface area contributed by atoms with Gasteiger partial charge >= 0.3 is 5.97 Å². The van der Waals surface area contributed by atoms with Gasteiger partial charge in [0.05, 0.1) is 7.11 Å². The fourth-order valence-corrected chi connectivity index (χ4v) is 2.64. The van der Waals surface area contributed by atoms with Crippen molar-refractivity contribution in [1.29, 1.82) is 0 Å². The third-order valence-electron chi connectivity index (χ3n) is 3.72. The van der Waals surface area contributed by atoms with Crippen LogP contribution in [-0.4, -0.2) is 37.3 Å². The van der Waals surface area contributed by atoms with Gasteiger partial charge in [0.2, 0.25) is 5.91 Å². The van der Waals surface area contributed by atoms with E-state index in [9.17, 15) is 14.4 Å². The number of ether oxygens (including phenoxy) is 2. The molecule has 142 valence electrons. The molecule has 2 amide bonds. The third-order valence-corrected chi connectivity index (χ3v) is 4.44. The van der Waals surface area contributed by atoms with Crippen LogP contribution in [0.15, 0.2) is 47.4 Å². The summed E-state index contributed by atoms with van der Waals surface area (Å²) >= 11 is 1.52. The Hall–Kier alpha value is -3.00. The molecule has 0 radical (unpaired) electrons. The van der Waals surface area contributed by atoms with Crippen molar-refractivity contribution in [3.05, 3.63) is 53.6 Å². The molecule has 2 aromatic rings. The number of anilines is 1. The van der Waals surface area contributed by atoms with E-state index in [4.69, 9.17) is 15.2 Å². The van der Waals surface area contributed by atoms with Gasteiger partial charge in [0.25, 0.3) is 5.91 Å². The largest absolute Gasteiger partial charge is 0.496 e. The summed E-state index contributed by atoms with van der Waals surface area (Å²) < 4.78 is 10.5. The molecule has 0 fully saturated rings. The van der Waals surface area contributed by atoms with E-state index in [0.29, 0.717) is 17.0 Å². The Morgan fingerprint density at radius 3 is 2.33 bits per heavy atom. The number of nitrogens with two attached hydrogens (primary N) is 1. The molecule has 0 heterocycles. The van der Waals surface area contributed by atoms with Crippen LogP contribution in [0.2, 0.25) is 0 Å². The molecule has 0 aliphatic heterocycles. The van der Waals surface area contributed by atoms with Crippen molar-refractivity contribution in [3.63, 3.8) is 0 Å². The molecule has 0 spiro atoms. The number of esters is 1. The summed E-state index contributed by atoms with van der Waals surface area (Å²) in [6.45, 7) is 1.47. The van der Waals surface area contributed by atoms with Crippen LogP contribution < -0.4 is 15.8 Å². The summed E-state index contributed by atoms with van der Waals surface area (Å²) in [5.74, 6) is -1.35. The molecular formula is C19H20N2O5S. The number of thioether (sulfide) groups is 1. The summed E-state index contributed by atoms with van der Waals surface area (Å²) in [6, 6.07) is 11.2. The number of carbonyl (C=O) groups is 3. The molecule has 1 atom stereocenters. The summed E-state index contributed by atoms with van der Waals surface area (Å²) in [5.41, 5.74) is 6.19. The molecule has 0 aliphatic rings. The Bertz CT molecular complexity index is 852. The van der Waals surface area contributed by atoms with Crippen molar-refractivity contribution in [2.24, 2.45) is 5.73 Å². The van der Waals surface area contributed by atoms with Crippen LogP contribution in [-0.2, 0) is 9.53 Å². The Balaban J connectivity index is 2.03. The average molecular weight is 388 g/mol. The van der Waals surface area contributed by atoms with Crippen molar-refractivity contribution in [2.75, 3.05) is 18.7 Å². The van der Waals surface area contributed by atoms with Crippen molar-refractivity contribution in [2.45, 2.75) is 17.9 Å². The lowest BCUT2D eigenvalue weighted by Gasteiger charge is -2.15. The van der Waals surface area contributed by atoms with Crippen LogP contribution in [0.4, 0.5) is 5.69 Å². The zero-order chi connectivity index (χ0) is 20.0. The first-order valence-electron chi connectivity index (χ1n) is 7.99. The molecule has 2 rings (SSSR count). The number of rotatable bonds is 7. The van der Waals surface area contributed by atoms with Gasteiger partial charge in [-0.3, -0.25) is 9.59 Å². The highest BCUT2D eigenvalue weighted by Gasteiger charge is 2.21. The number of methoxy groups -OCH3 is 1. The molecule has 0 aromatic heterocycles. The zero-order valence-electron chi connectivity index (χ0n) is 15.1. The normalized spacial score (nSPS) is 11.4. The lowest BCUT2D eigenvalue weighted by Crippen LogP contribution is -2.30. The highest BCUT2D eigenvalue weighted by atomic mass is 32.2. The lowest BCUT2D eigenvalue weighted by atomic mass is 10.2. The van der Waals surface area contributed by atoms with Crippen LogP contribution in [0.5, 0.6) is 5.75 Å². The van der Waals surface area contributed by atoms with Gasteiger partial charge in [-0.25, -0.2) is 4.79 Å². The minimum Gasteiger partial charge on any atom is -0.496 e. The SMILES string of the molecule is COc1cc(SC)ccc1C(=O)O[C@@H](C)C(=O)Nc1ccc(C(N)=O)cc1. The second kappa shape index (κ2) is 9.09. The van der Waals surface area contributed by atoms with Crippen LogP contribution in [0, 0.1) is 0 Å². The maximum Gasteiger partial charge on any atom is 0.342 e. The molecule has 0 saturated heterocycles. The van der Waals surface area contributed by atoms with Crippen molar-refractivity contribution >= 4 is 35.2 Å². The molecule has 27 heavy (non-hydrogen) atoms. The van der Waals surface area contributed by atoms with Gasteiger partial charge in [0.15, 0.2) is 6.10 Å². The molecule has 0 unspecified atom stereocenters. The third kappa shape index (κ3) is 5.24. The van der Waals surface area contributed by atoms with Crippen LogP contribution in [0.1, 0.15) is 27.6 Å². The van der Waals surface area contributed by atoms with Crippen LogP contribution in [0.25, 0.3) is 0 Å². The van der Waals surface area contributed by atoms with Crippen molar-refractivity contribution in [1.82, 2.24) is 0 Å². The number of amides is 2. The van der Waals surface area contributed by atoms with E-state index < -0.39 is 23.9 Å². The Kier molecular flexibility index (Phi) is 6.84. The highest BCUT2D eigenvalue weighted by molar-refractivity contribution is 7.98. The second-order valence-corrected chi connectivity index (χ2v) is 6.42. The average Bonchev–Trinajstić information content (AvgIpc) is 2.67. The topological polar surface area (TPSA) is 108 Å². The van der Waals surface area contributed by atoms with Gasteiger partial charge in [-0.05, 0) is 55.6 Å². The summed E-state index contributed by atoms with van der Waals surface area (Å²) in [6.07, 6.45) is 0.882. The van der Waals surface area contributed by atoms with E-state index >= 15 is 0 Å². The van der Waals surface area contributed by atoms with E-state index in [2.05, 4.69) is 5.32 Å². The minimum atomic E-state index is -1.03. The predicted molar refractivity (Wildman–Crippen MR) is 103 cm³/mol. The van der Waals surface area contributed by atoms with Crippen molar-refractivity contribution < 1.29 is 23.9 Å². The first-order valence-corrected chi connectivity index (χ1v) is 9.22. The first kappa shape index (κ1) is 20.3. The number of hydrogen-bond donors (Lipinski definition) is 2. The fourth-order valence-electron chi connectivity index (χ4n) is 2.21. The van der Waals surface area contributed by atoms with E-state index in [1.807, 2.05) is 6.26 Å². The van der Waals surface area contributed by atoms with Gasteiger partial charge in [-0.1, -0.05) is 0 Å². The molecule has 3 N–H and O–H groups in total. The van der Waals surface area contributed by atoms with Gasteiger partial charge in [-0.2, -0.15) is 0 Å². The standard InChI is InChI=1S/C19H20N2O5S/c1-11(18(23)21-13-6-4-12(5-7-13)17(20)22)26-19(24)15-9-8-14(27-3)10-16(15)25-2/h4-11H,1-3H3,(H2,20,22)(H,21,23)/t11-/m0/s1. The van der Waals surface area contributed by atoms with Gasteiger partial charge in [0.1, 0.15) is 11.3 Å². The fraction of sp³-hybridized carbons (Fsp3) is 0.211. The van der Waals surface area contributed by atoms with Gasteiger partial charge in [-0.15, -0.1) is 11.8 Å². The van der Waals surface area contributed by atoms with Crippen molar-refractivity contribution in [3.8, 4) is 5.75 Å². The molecule has 2 aromatic carbocycles. The lowest BCUT2D eigenvalue weighted by molar-refractivity contribution is -0.123. The van der Waals surface area contributed by atoms with Gasteiger partial charge < -0.3 is 20.5 Å². The number of nitrogens with one attached hydrogen (secondary N) is 1. The molecule has 0 saturated carbocycles. The summed E-state index contributed by atoms with van der Waals surface area (Å²) in [7, 11) is 1.46. The number of primary amides is 1. The van der Waals surface area contributed by atoms with E-state index in [1.165, 1.54) is 50.1 Å². The smallest absolute Gasteiger partial charge is 0.342 e. The van der Waals surface area contributed by atoms with E-state index in [-0.39, 0.29) is 5.56 Å². The minimum absolute atomic E-state index is 0.237. The Labute approximate surface area is 161 Å². The highest BCUT2D eigenvalue weighted by Crippen LogP contribution is 2.26. The predicted octanol–water partition coefficient (Wildman–Crippen LogP) is 2.70. The molecule has 0 aliphatic carbocycles. The van der Waals surface area contributed by atoms with Crippen LogP contribution >= 0.6 is 11.8 Å². The number of benzene rings is 2. The van der Waals surface area contributed by atoms with E-state index in [0.717, 1.165) is 4.90 Å².